The van der Waals surface area contributed by atoms with Crippen LogP contribution in [0.3, 0.4) is 0 Å². The molecule has 0 atom stereocenters. The first-order chi connectivity index (χ1) is 11.8. The molecule has 0 spiro atoms. The predicted octanol–water partition coefficient (Wildman–Crippen LogP) is 4.31. The number of carbonyl (C=O) groups is 2. The lowest BCUT2D eigenvalue weighted by Gasteiger charge is -2.14. The van der Waals surface area contributed by atoms with Crippen molar-refractivity contribution >= 4 is 17.4 Å². The van der Waals surface area contributed by atoms with Gasteiger partial charge in [-0.15, -0.1) is 0 Å². The molecule has 2 aromatic carbocycles. The van der Waals surface area contributed by atoms with Crippen molar-refractivity contribution in [3.05, 3.63) is 59.2 Å². The van der Waals surface area contributed by atoms with Gasteiger partial charge in [-0.2, -0.15) is 0 Å². The van der Waals surface area contributed by atoms with E-state index in [0.29, 0.717) is 11.8 Å². The van der Waals surface area contributed by atoms with Crippen LogP contribution < -0.4 is 10.1 Å². The molecule has 0 saturated heterocycles. The molecule has 2 rings (SSSR count). The molecule has 2 aromatic rings. The summed E-state index contributed by atoms with van der Waals surface area (Å²) in [6.07, 6.45) is 0. The lowest BCUT2D eigenvalue weighted by Crippen LogP contribution is -2.22. The van der Waals surface area contributed by atoms with E-state index in [4.69, 9.17) is 4.74 Å². The summed E-state index contributed by atoms with van der Waals surface area (Å²) < 4.78 is 32.3. The topological polar surface area (TPSA) is 55.4 Å². The molecular weight excluding hydrogens is 328 g/mol. The number of nitrogens with one attached hydrogen (secondary N) is 1. The quantitative estimate of drug-likeness (QED) is 0.792. The van der Waals surface area contributed by atoms with Crippen molar-refractivity contribution in [2.24, 2.45) is 0 Å². The van der Waals surface area contributed by atoms with Crippen LogP contribution in [0.4, 0.5) is 14.5 Å². The summed E-state index contributed by atoms with van der Waals surface area (Å²) in [7, 11) is 0. The Morgan fingerprint density at radius 3 is 2.48 bits per heavy atom. The van der Waals surface area contributed by atoms with Gasteiger partial charge < -0.3 is 10.1 Å². The molecule has 0 saturated carbocycles. The number of hydrogen-bond acceptors (Lipinski definition) is 3. The Balaban J connectivity index is 2.13. The molecule has 0 bridgehead atoms. The van der Waals surface area contributed by atoms with E-state index in [1.807, 2.05) is 26.0 Å². The monoisotopic (exact) mass is 347 g/mol. The molecule has 0 aliphatic rings. The fraction of sp³-hybridized carbons (Fsp3) is 0.263. The predicted molar refractivity (Wildman–Crippen MR) is 91.0 cm³/mol. The van der Waals surface area contributed by atoms with Crippen molar-refractivity contribution in [1.29, 1.82) is 0 Å². The fourth-order valence-corrected chi connectivity index (χ4v) is 2.45. The highest BCUT2D eigenvalue weighted by atomic mass is 19.1. The molecule has 25 heavy (non-hydrogen) atoms. The van der Waals surface area contributed by atoms with Gasteiger partial charge >= 0.3 is 0 Å². The Hall–Kier alpha value is -2.76. The van der Waals surface area contributed by atoms with Crippen molar-refractivity contribution in [2.75, 3.05) is 11.9 Å². The molecule has 0 fully saturated rings. The van der Waals surface area contributed by atoms with Crippen LogP contribution in [0.1, 0.15) is 42.6 Å². The summed E-state index contributed by atoms with van der Waals surface area (Å²) in [5, 5.41) is 2.70. The summed E-state index contributed by atoms with van der Waals surface area (Å²) >= 11 is 0. The number of benzene rings is 2. The normalized spacial score (nSPS) is 10.6. The number of anilines is 1. The van der Waals surface area contributed by atoms with Gasteiger partial charge in [0.1, 0.15) is 17.4 Å². The summed E-state index contributed by atoms with van der Waals surface area (Å²) in [6.45, 7) is 4.66. The van der Waals surface area contributed by atoms with E-state index in [0.717, 1.165) is 18.6 Å². The first-order valence-electron chi connectivity index (χ1n) is 7.81. The van der Waals surface area contributed by atoms with Gasteiger partial charge in [-0.25, -0.2) is 8.78 Å². The Morgan fingerprint density at radius 2 is 1.84 bits per heavy atom. The molecule has 0 unspecified atom stereocenters. The minimum absolute atomic E-state index is 0.207. The van der Waals surface area contributed by atoms with Crippen LogP contribution >= 0.6 is 0 Å². The van der Waals surface area contributed by atoms with E-state index in [1.54, 1.807) is 12.1 Å². The third-order valence-corrected chi connectivity index (χ3v) is 3.59. The molecule has 0 aromatic heterocycles. The van der Waals surface area contributed by atoms with Crippen molar-refractivity contribution in [1.82, 2.24) is 0 Å². The highest BCUT2D eigenvalue weighted by molar-refractivity contribution is 5.97. The molecule has 0 aliphatic carbocycles. The number of ether oxygens (including phenoxy) is 1. The summed E-state index contributed by atoms with van der Waals surface area (Å²) in [6, 6.07) is 8.80. The lowest BCUT2D eigenvalue weighted by atomic mass is 10.0. The maximum absolute atomic E-state index is 13.7. The molecule has 1 N–H and O–H groups in total. The molecule has 0 radical (unpaired) electrons. The zero-order valence-corrected chi connectivity index (χ0v) is 14.2. The van der Waals surface area contributed by atoms with Crippen LogP contribution in [0.2, 0.25) is 0 Å². The molecular formula is C19H19F2NO3. The minimum atomic E-state index is -1.02. The van der Waals surface area contributed by atoms with Gasteiger partial charge in [-0.05, 0) is 24.5 Å². The standard InChI is InChI=1S/C19H19F2NO3/c1-11(2)14-6-4-5-7-16(14)22-18(24)10-25-17-9-13(20)8-15(21)19(17)12(3)23/h4-9,11H,10H2,1-3H3,(H,22,24). The van der Waals surface area contributed by atoms with Crippen molar-refractivity contribution in [2.45, 2.75) is 26.7 Å². The molecule has 0 heterocycles. The summed E-state index contributed by atoms with van der Waals surface area (Å²) in [5.41, 5.74) is 1.22. The molecule has 4 nitrogen and oxygen atoms in total. The smallest absolute Gasteiger partial charge is 0.262 e. The number of Topliss-reactive ketones (excluding diaryl/α,β-unsaturated/α-hetero) is 1. The summed E-state index contributed by atoms with van der Waals surface area (Å²) in [4.78, 5) is 23.6. The summed E-state index contributed by atoms with van der Waals surface area (Å²) in [5.74, 6) is -3.10. The zero-order valence-electron chi connectivity index (χ0n) is 14.2. The van der Waals surface area contributed by atoms with E-state index < -0.39 is 29.9 Å². The molecule has 6 heteroatoms. The van der Waals surface area contributed by atoms with Crippen LogP contribution in [-0.2, 0) is 4.79 Å². The fourth-order valence-electron chi connectivity index (χ4n) is 2.45. The van der Waals surface area contributed by atoms with Crippen molar-refractivity contribution in [3.63, 3.8) is 0 Å². The Morgan fingerprint density at radius 1 is 1.16 bits per heavy atom. The van der Waals surface area contributed by atoms with Gasteiger partial charge in [-0.1, -0.05) is 32.0 Å². The Labute approximate surface area is 144 Å². The van der Waals surface area contributed by atoms with Gasteiger partial charge in [0.2, 0.25) is 0 Å². The van der Waals surface area contributed by atoms with Gasteiger partial charge in [0.15, 0.2) is 12.4 Å². The van der Waals surface area contributed by atoms with Crippen LogP contribution in [0.25, 0.3) is 0 Å². The molecule has 1 amide bonds. The first kappa shape index (κ1) is 18.6. The SMILES string of the molecule is CC(=O)c1c(F)cc(F)cc1OCC(=O)Nc1ccccc1C(C)C. The largest absolute Gasteiger partial charge is 0.483 e. The third kappa shape index (κ3) is 4.62. The van der Waals surface area contributed by atoms with Gasteiger partial charge in [-0.3, -0.25) is 9.59 Å². The van der Waals surface area contributed by atoms with Crippen LogP contribution in [-0.4, -0.2) is 18.3 Å². The molecule has 0 aliphatic heterocycles. The van der Waals surface area contributed by atoms with E-state index in [2.05, 4.69) is 5.32 Å². The van der Waals surface area contributed by atoms with Crippen LogP contribution in [0.15, 0.2) is 36.4 Å². The second kappa shape index (κ2) is 7.88. The number of ketones is 1. The zero-order chi connectivity index (χ0) is 18.6. The third-order valence-electron chi connectivity index (χ3n) is 3.59. The highest BCUT2D eigenvalue weighted by Gasteiger charge is 2.18. The first-order valence-corrected chi connectivity index (χ1v) is 7.81. The van der Waals surface area contributed by atoms with E-state index in [9.17, 15) is 18.4 Å². The van der Waals surface area contributed by atoms with Crippen LogP contribution in [0.5, 0.6) is 5.75 Å². The van der Waals surface area contributed by atoms with Gasteiger partial charge in [0.25, 0.3) is 5.91 Å². The van der Waals surface area contributed by atoms with Gasteiger partial charge in [0, 0.05) is 17.8 Å². The maximum atomic E-state index is 13.7. The molecule has 132 valence electrons. The minimum Gasteiger partial charge on any atom is -0.483 e. The Bertz CT molecular complexity index is 803. The number of hydrogen-bond donors (Lipinski definition) is 1. The second-order valence-electron chi connectivity index (χ2n) is 5.90. The average molecular weight is 347 g/mol. The average Bonchev–Trinajstić information content (AvgIpc) is 2.52. The number of halogens is 2. The van der Waals surface area contributed by atoms with E-state index in [-0.39, 0.29) is 17.2 Å². The maximum Gasteiger partial charge on any atom is 0.262 e. The number of para-hydroxylation sites is 1. The Kier molecular flexibility index (Phi) is 5.85. The van der Waals surface area contributed by atoms with Gasteiger partial charge in [0.05, 0.1) is 5.56 Å². The number of carbonyl (C=O) groups excluding carboxylic acids is 2. The van der Waals surface area contributed by atoms with Crippen molar-refractivity contribution in [3.8, 4) is 5.75 Å². The number of rotatable bonds is 6. The lowest BCUT2D eigenvalue weighted by molar-refractivity contribution is -0.118. The van der Waals surface area contributed by atoms with Crippen molar-refractivity contribution < 1.29 is 23.1 Å². The van der Waals surface area contributed by atoms with E-state index >= 15 is 0 Å². The van der Waals surface area contributed by atoms with Crippen LogP contribution in [0, 0.1) is 11.6 Å². The highest BCUT2D eigenvalue weighted by Crippen LogP contribution is 2.25. The van der Waals surface area contributed by atoms with E-state index in [1.165, 1.54) is 0 Å². The number of amides is 1. The second-order valence-corrected chi connectivity index (χ2v) is 5.90.